The minimum atomic E-state index is 1.18. The van der Waals surface area contributed by atoms with Gasteiger partial charge >= 0.3 is 0 Å². The van der Waals surface area contributed by atoms with Crippen molar-refractivity contribution in [2.45, 2.75) is 46.0 Å². The van der Waals surface area contributed by atoms with Crippen LogP contribution in [0.15, 0.2) is 30.3 Å². The lowest BCUT2D eigenvalue weighted by atomic mass is 9.91. The quantitative estimate of drug-likeness (QED) is 0.622. The van der Waals surface area contributed by atoms with E-state index in [9.17, 15) is 0 Å². The number of benzene rings is 1. The normalized spacial score (nSPS) is 10.8. The number of hydrogen-bond acceptors (Lipinski definition) is 0. The molecule has 1 aromatic rings. The molecule has 0 spiro atoms. The van der Waals surface area contributed by atoms with E-state index in [4.69, 9.17) is 0 Å². The average molecular weight is 189 g/mol. The van der Waals surface area contributed by atoms with Crippen molar-refractivity contribution in [2.75, 3.05) is 0 Å². The van der Waals surface area contributed by atoms with Crippen LogP contribution in [0.1, 0.15) is 45.1 Å². The maximum absolute atomic E-state index is 2.26. The van der Waals surface area contributed by atoms with E-state index in [2.05, 4.69) is 44.2 Å². The summed E-state index contributed by atoms with van der Waals surface area (Å²) in [6.45, 7) is 4.53. The van der Waals surface area contributed by atoms with Crippen molar-refractivity contribution >= 4 is 0 Å². The molecule has 0 bridgehead atoms. The summed E-state index contributed by atoms with van der Waals surface area (Å²) in [5.74, 6) is 1.71. The van der Waals surface area contributed by atoms with Crippen LogP contribution < -0.4 is 0 Å². The van der Waals surface area contributed by atoms with E-state index in [1.165, 1.54) is 37.7 Å². The molecule has 77 valence electrons. The number of hydrogen-bond donors (Lipinski definition) is 0. The van der Waals surface area contributed by atoms with Gasteiger partial charge in [0.05, 0.1) is 0 Å². The average Bonchev–Trinajstić information content (AvgIpc) is 2.20. The molecule has 0 saturated heterocycles. The largest absolute Gasteiger partial charge is 0.0654 e. The predicted octanol–water partition coefficient (Wildman–Crippen LogP) is 4.40. The van der Waals surface area contributed by atoms with Crippen LogP contribution in [0.25, 0.3) is 0 Å². The molecular weight excluding hydrogens is 168 g/mol. The van der Waals surface area contributed by atoms with E-state index in [0.29, 0.717) is 0 Å². The van der Waals surface area contributed by atoms with Gasteiger partial charge in [0.25, 0.3) is 0 Å². The summed E-state index contributed by atoms with van der Waals surface area (Å²) in [5.41, 5.74) is 1.46. The van der Waals surface area contributed by atoms with Crippen molar-refractivity contribution in [1.29, 1.82) is 0 Å². The third-order valence-electron chi connectivity index (χ3n) is 2.50. The molecule has 0 amide bonds. The highest BCUT2D eigenvalue weighted by molar-refractivity contribution is 5.18. The molecule has 0 unspecified atom stereocenters. The Morgan fingerprint density at radius 3 is 2.00 bits per heavy atom. The molecular formula is C14H21. The van der Waals surface area contributed by atoms with Crippen LogP contribution in [-0.4, -0.2) is 0 Å². The summed E-state index contributed by atoms with van der Waals surface area (Å²) in [4.78, 5) is 0. The highest BCUT2D eigenvalue weighted by Gasteiger charge is 2.07. The lowest BCUT2D eigenvalue weighted by molar-refractivity contribution is 0.662. The maximum Gasteiger partial charge on any atom is -0.0198 e. The van der Waals surface area contributed by atoms with E-state index < -0.39 is 0 Å². The molecule has 1 aromatic carbocycles. The van der Waals surface area contributed by atoms with E-state index >= 15 is 0 Å². The van der Waals surface area contributed by atoms with Gasteiger partial charge in [-0.1, -0.05) is 57.0 Å². The first-order valence-corrected chi connectivity index (χ1v) is 5.74. The van der Waals surface area contributed by atoms with Gasteiger partial charge in [0, 0.05) is 0 Å². The van der Waals surface area contributed by atoms with E-state index in [-0.39, 0.29) is 0 Å². The second-order valence-corrected chi connectivity index (χ2v) is 3.91. The van der Waals surface area contributed by atoms with E-state index in [0.717, 1.165) is 0 Å². The molecule has 0 aliphatic heterocycles. The Labute approximate surface area is 88.4 Å². The molecule has 0 fully saturated rings. The fourth-order valence-corrected chi connectivity index (χ4v) is 1.89. The van der Waals surface area contributed by atoms with Crippen molar-refractivity contribution in [1.82, 2.24) is 0 Å². The predicted molar refractivity (Wildman–Crippen MR) is 63.2 cm³/mol. The van der Waals surface area contributed by atoms with E-state index in [1.54, 1.807) is 5.92 Å². The van der Waals surface area contributed by atoms with Crippen LogP contribution in [0.5, 0.6) is 0 Å². The van der Waals surface area contributed by atoms with Gasteiger partial charge in [0.1, 0.15) is 0 Å². The summed E-state index contributed by atoms with van der Waals surface area (Å²) in [7, 11) is 0. The van der Waals surface area contributed by atoms with Gasteiger partial charge < -0.3 is 0 Å². The van der Waals surface area contributed by atoms with E-state index in [1.807, 2.05) is 0 Å². The van der Waals surface area contributed by atoms with Crippen LogP contribution >= 0.6 is 0 Å². The molecule has 0 aliphatic rings. The van der Waals surface area contributed by atoms with Crippen LogP contribution in [0, 0.1) is 5.92 Å². The smallest absolute Gasteiger partial charge is 0.0198 e. The van der Waals surface area contributed by atoms with Crippen molar-refractivity contribution in [3.8, 4) is 0 Å². The first-order chi connectivity index (χ1) is 6.86. The van der Waals surface area contributed by atoms with Gasteiger partial charge in [0.2, 0.25) is 0 Å². The zero-order valence-electron chi connectivity index (χ0n) is 9.42. The van der Waals surface area contributed by atoms with Crippen LogP contribution in [0.3, 0.4) is 0 Å². The minimum Gasteiger partial charge on any atom is -0.0654 e. The highest BCUT2D eigenvalue weighted by atomic mass is 14.1. The standard InChI is InChI=1S/C14H21/c1-3-8-13(9-4-2)12-14-10-6-5-7-11-14/h5-7,10-11H,3-4,8-9,12H2,1-2H3. The molecule has 0 heteroatoms. The second-order valence-electron chi connectivity index (χ2n) is 3.91. The Morgan fingerprint density at radius 2 is 1.50 bits per heavy atom. The summed E-state index contributed by atoms with van der Waals surface area (Å²) in [6, 6.07) is 10.8. The molecule has 1 radical (unpaired) electrons. The molecule has 14 heavy (non-hydrogen) atoms. The fourth-order valence-electron chi connectivity index (χ4n) is 1.89. The van der Waals surface area contributed by atoms with Gasteiger partial charge in [-0.2, -0.15) is 0 Å². The van der Waals surface area contributed by atoms with Crippen molar-refractivity contribution in [3.05, 3.63) is 41.8 Å². The fraction of sp³-hybridized carbons (Fsp3) is 0.500. The summed E-state index contributed by atoms with van der Waals surface area (Å²) in [5, 5.41) is 0. The topological polar surface area (TPSA) is 0 Å². The van der Waals surface area contributed by atoms with Crippen molar-refractivity contribution in [2.24, 2.45) is 0 Å². The van der Waals surface area contributed by atoms with Crippen molar-refractivity contribution in [3.63, 3.8) is 0 Å². The Hall–Kier alpha value is -0.780. The minimum absolute atomic E-state index is 1.18. The Morgan fingerprint density at radius 1 is 0.929 bits per heavy atom. The van der Waals surface area contributed by atoms with Crippen LogP contribution in [0.4, 0.5) is 0 Å². The molecule has 0 nitrogen and oxygen atoms in total. The summed E-state index contributed by atoms with van der Waals surface area (Å²) in [6.07, 6.45) is 6.33. The molecule has 0 atom stereocenters. The Balaban J connectivity index is 2.46. The lowest BCUT2D eigenvalue weighted by Crippen LogP contribution is -2.01. The molecule has 0 N–H and O–H groups in total. The summed E-state index contributed by atoms with van der Waals surface area (Å²) < 4.78 is 0. The molecule has 0 heterocycles. The second kappa shape index (κ2) is 6.64. The zero-order chi connectivity index (χ0) is 10.2. The molecule has 0 saturated carbocycles. The summed E-state index contributed by atoms with van der Waals surface area (Å²) >= 11 is 0. The van der Waals surface area contributed by atoms with Gasteiger partial charge in [-0.05, 0) is 30.7 Å². The van der Waals surface area contributed by atoms with Crippen LogP contribution in [-0.2, 0) is 6.42 Å². The SMILES string of the molecule is CCC[C](CCC)Cc1ccccc1. The third-order valence-corrected chi connectivity index (χ3v) is 2.50. The van der Waals surface area contributed by atoms with Gasteiger partial charge in [0.15, 0.2) is 0 Å². The molecule has 1 rings (SSSR count). The van der Waals surface area contributed by atoms with Crippen LogP contribution in [0.2, 0.25) is 0 Å². The maximum atomic E-state index is 2.26. The van der Waals surface area contributed by atoms with Gasteiger partial charge in [-0.15, -0.1) is 0 Å². The molecule has 0 aliphatic carbocycles. The highest BCUT2D eigenvalue weighted by Crippen LogP contribution is 2.21. The van der Waals surface area contributed by atoms with Gasteiger partial charge in [-0.3, -0.25) is 0 Å². The Kier molecular flexibility index (Phi) is 5.36. The molecule has 0 aromatic heterocycles. The first kappa shape index (κ1) is 11.3. The lowest BCUT2D eigenvalue weighted by Gasteiger charge is -2.14. The van der Waals surface area contributed by atoms with Gasteiger partial charge in [-0.25, -0.2) is 0 Å². The third kappa shape index (κ3) is 3.95. The monoisotopic (exact) mass is 189 g/mol. The zero-order valence-corrected chi connectivity index (χ0v) is 9.42. The Bertz CT molecular complexity index is 219. The first-order valence-electron chi connectivity index (χ1n) is 5.74. The number of rotatable bonds is 6. The van der Waals surface area contributed by atoms with Crippen molar-refractivity contribution < 1.29 is 0 Å².